The van der Waals surface area contributed by atoms with Crippen LogP contribution >= 0.6 is 11.3 Å². The summed E-state index contributed by atoms with van der Waals surface area (Å²) in [5.74, 6) is 1.06. The minimum absolute atomic E-state index is 0.181. The standard InChI is InChI=1S/C13H15F2N3OS/c14-9(15)6-19-5-4-10-17-12(16)11-7-2-1-3-8(7)20-13(11)18-10/h9H,1-6H2,(H2,16,17,18). The van der Waals surface area contributed by atoms with Crippen molar-refractivity contribution in [2.24, 2.45) is 0 Å². The Morgan fingerprint density at radius 1 is 1.30 bits per heavy atom. The van der Waals surface area contributed by atoms with E-state index in [2.05, 4.69) is 9.97 Å². The summed E-state index contributed by atoms with van der Waals surface area (Å²) in [5, 5.41) is 0.986. The Morgan fingerprint density at radius 3 is 2.95 bits per heavy atom. The zero-order valence-electron chi connectivity index (χ0n) is 10.9. The molecular weight excluding hydrogens is 284 g/mol. The van der Waals surface area contributed by atoms with Gasteiger partial charge in [-0.25, -0.2) is 18.7 Å². The number of ether oxygens (including phenoxy) is 1. The van der Waals surface area contributed by atoms with Crippen LogP contribution in [0.4, 0.5) is 14.6 Å². The number of aromatic nitrogens is 2. The molecule has 0 saturated carbocycles. The second kappa shape index (κ2) is 5.57. The van der Waals surface area contributed by atoms with Gasteiger partial charge in [0.25, 0.3) is 6.43 Å². The maximum atomic E-state index is 12.0. The van der Waals surface area contributed by atoms with Crippen molar-refractivity contribution in [3.63, 3.8) is 0 Å². The highest BCUT2D eigenvalue weighted by molar-refractivity contribution is 7.19. The van der Waals surface area contributed by atoms with Gasteiger partial charge in [-0.2, -0.15) is 0 Å². The van der Waals surface area contributed by atoms with Crippen LogP contribution in [0.25, 0.3) is 10.2 Å². The summed E-state index contributed by atoms with van der Waals surface area (Å²) >= 11 is 1.67. The third-order valence-electron chi connectivity index (χ3n) is 3.35. The molecule has 2 aromatic heterocycles. The van der Waals surface area contributed by atoms with Crippen LogP contribution in [0.1, 0.15) is 22.7 Å². The molecule has 2 N–H and O–H groups in total. The Hall–Kier alpha value is -1.34. The lowest BCUT2D eigenvalue weighted by Crippen LogP contribution is -2.09. The fraction of sp³-hybridized carbons (Fsp3) is 0.538. The number of nitrogens with zero attached hydrogens (tertiary/aromatic N) is 2. The molecule has 1 aliphatic carbocycles. The van der Waals surface area contributed by atoms with Crippen LogP contribution in [0.2, 0.25) is 0 Å². The highest BCUT2D eigenvalue weighted by atomic mass is 32.1. The molecule has 2 aromatic rings. The zero-order chi connectivity index (χ0) is 14.1. The summed E-state index contributed by atoms with van der Waals surface area (Å²) in [7, 11) is 0. The Bertz CT molecular complexity index is 630. The predicted molar refractivity (Wildman–Crippen MR) is 74.4 cm³/mol. The Kier molecular flexibility index (Phi) is 3.80. The monoisotopic (exact) mass is 299 g/mol. The number of hydrogen-bond acceptors (Lipinski definition) is 5. The van der Waals surface area contributed by atoms with E-state index in [-0.39, 0.29) is 6.61 Å². The Labute approximate surface area is 119 Å². The molecular formula is C13H15F2N3OS. The average molecular weight is 299 g/mol. The molecule has 2 heterocycles. The molecule has 0 radical (unpaired) electrons. The van der Waals surface area contributed by atoms with E-state index in [1.54, 1.807) is 11.3 Å². The number of rotatable bonds is 5. The van der Waals surface area contributed by atoms with Crippen molar-refractivity contribution in [3.05, 3.63) is 16.3 Å². The van der Waals surface area contributed by atoms with E-state index < -0.39 is 13.0 Å². The fourth-order valence-electron chi connectivity index (χ4n) is 2.52. The second-order valence-electron chi connectivity index (χ2n) is 4.78. The topological polar surface area (TPSA) is 61.0 Å². The number of alkyl halides is 2. The van der Waals surface area contributed by atoms with E-state index in [9.17, 15) is 8.78 Å². The number of thiophene rings is 1. The fourth-order valence-corrected chi connectivity index (χ4v) is 3.81. The molecule has 0 atom stereocenters. The van der Waals surface area contributed by atoms with E-state index in [4.69, 9.17) is 10.5 Å². The van der Waals surface area contributed by atoms with Crippen molar-refractivity contribution in [3.8, 4) is 0 Å². The highest BCUT2D eigenvalue weighted by Crippen LogP contribution is 2.38. The third kappa shape index (κ3) is 2.60. The van der Waals surface area contributed by atoms with Gasteiger partial charge in [-0.3, -0.25) is 0 Å². The van der Waals surface area contributed by atoms with Gasteiger partial charge in [-0.15, -0.1) is 11.3 Å². The number of aryl methyl sites for hydroxylation is 2. The van der Waals surface area contributed by atoms with E-state index >= 15 is 0 Å². The van der Waals surface area contributed by atoms with Crippen molar-refractivity contribution in [2.75, 3.05) is 18.9 Å². The molecule has 0 aromatic carbocycles. The van der Waals surface area contributed by atoms with Gasteiger partial charge in [0.05, 0.1) is 12.0 Å². The molecule has 0 unspecified atom stereocenters. The average Bonchev–Trinajstić information content (AvgIpc) is 2.94. The minimum atomic E-state index is -2.44. The van der Waals surface area contributed by atoms with Crippen LogP contribution in [0.15, 0.2) is 0 Å². The molecule has 0 bridgehead atoms. The number of fused-ring (bicyclic) bond motifs is 3. The van der Waals surface area contributed by atoms with Gasteiger partial charge in [0.2, 0.25) is 0 Å². The first-order chi connectivity index (χ1) is 9.65. The van der Waals surface area contributed by atoms with Gasteiger partial charge < -0.3 is 10.5 Å². The van der Waals surface area contributed by atoms with Crippen molar-refractivity contribution in [1.29, 1.82) is 0 Å². The van der Waals surface area contributed by atoms with Crippen LogP contribution in [0.3, 0.4) is 0 Å². The van der Waals surface area contributed by atoms with Crippen LogP contribution in [0, 0.1) is 0 Å². The van der Waals surface area contributed by atoms with Crippen molar-refractivity contribution < 1.29 is 13.5 Å². The molecule has 20 heavy (non-hydrogen) atoms. The Balaban J connectivity index is 1.77. The summed E-state index contributed by atoms with van der Waals surface area (Å²) in [4.78, 5) is 11.0. The quantitative estimate of drug-likeness (QED) is 0.862. The molecule has 0 spiro atoms. The summed E-state index contributed by atoms with van der Waals surface area (Å²) in [6, 6.07) is 0. The van der Waals surface area contributed by atoms with E-state index in [1.807, 2.05) is 0 Å². The summed E-state index contributed by atoms with van der Waals surface area (Å²) in [6.45, 7) is -0.370. The smallest absolute Gasteiger partial charge is 0.261 e. The second-order valence-corrected chi connectivity index (χ2v) is 5.86. The van der Waals surface area contributed by atoms with Crippen LogP contribution in [0.5, 0.6) is 0 Å². The first-order valence-corrected chi connectivity index (χ1v) is 7.39. The number of hydrogen-bond donors (Lipinski definition) is 1. The van der Waals surface area contributed by atoms with Gasteiger partial charge in [0.15, 0.2) is 0 Å². The van der Waals surface area contributed by atoms with Gasteiger partial charge in [-0.05, 0) is 24.8 Å². The molecule has 7 heteroatoms. The lowest BCUT2D eigenvalue weighted by atomic mass is 10.2. The largest absolute Gasteiger partial charge is 0.383 e. The molecule has 0 saturated heterocycles. The first-order valence-electron chi connectivity index (χ1n) is 6.57. The number of halogens is 2. The lowest BCUT2D eigenvalue weighted by Gasteiger charge is -2.05. The third-order valence-corrected chi connectivity index (χ3v) is 4.54. The SMILES string of the molecule is Nc1nc(CCOCC(F)F)nc2sc3c(c12)CCC3. The molecule has 1 aliphatic rings. The summed E-state index contributed by atoms with van der Waals surface area (Å²) in [6.07, 6.45) is 1.25. The highest BCUT2D eigenvalue weighted by Gasteiger charge is 2.21. The van der Waals surface area contributed by atoms with Crippen LogP contribution in [-0.4, -0.2) is 29.6 Å². The van der Waals surface area contributed by atoms with Crippen molar-refractivity contribution in [1.82, 2.24) is 9.97 Å². The molecule has 4 nitrogen and oxygen atoms in total. The predicted octanol–water partition coefficient (Wildman–Crippen LogP) is 2.59. The van der Waals surface area contributed by atoms with Crippen LogP contribution < -0.4 is 5.73 Å². The first kappa shape index (κ1) is 13.6. The van der Waals surface area contributed by atoms with Crippen molar-refractivity contribution >= 4 is 27.4 Å². The maximum absolute atomic E-state index is 12.0. The van der Waals surface area contributed by atoms with Gasteiger partial charge in [-0.1, -0.05) is 0 Å². The number of anilines is 1. The van der Waals surface area contributed by atoms with E-state index in [0.717, 1.165) is 23.1 Å². The van der Waals surface area contributed by atoms with Crippen molar-refractivity contribution in [2.45, 2.75) is 32.1 Å². The molecule has 108 valence electrons. The summed E-state index contributed by atoms with van der Waals surface area (Å²) < 4.78 is 28.7. The number of nitrogen functional groups attached to an aromatic ring is 1. The number of nitrogens with two attached hydrogens (primary N) is 1. The normalized spacial score (nSPS) is 14.3. The molecule has 0 amide bonds. The maximum Gasteiger partial charge on any atom is 0.261 e. The molecule has 0 aliphatic heterocycles. The van der Waals surface area contributed by atoms with Gasteiger partial charge >= 0.3 is 0 Å². The minimum Gasteiger partial charge on any atom is -0.383 e. The zero-order valence-corrected chi connectivity index (χ0v) is 11.7. The lowest BCUT2D eigenvalue weighted by molar-refractivity contribution is 0.0183. The van der Waals surface area contributed by atoms with Gasteiger partial charge in [0, 0.05) is 11.3 Å². The van der Waals surface area contributed by atoms with E-state index in [0.29, 0.717) is 18.1 Å². The molecule has 0 fully saturated rings. The molecule has 3 rings (SSSR count). The van der Waals surface area contributed by atoms with Crippen LogP contribution in [-0.2, 0) is 24.0 Å². The summed E-state index contributed by atoms with van der Waals surface area (Å²) in [5.41, 5.74) is 7.32. The van der Waals surface area contributed by atoms with Gasteiger partial charge in [0.1, 0.15) is 23.1 Å². The van der Waals surface area contributed by atoms with E-state index in [1.165, 1.54) is 16.9 Å². The Morgan fingerprint density at radius 2 is 2.15 bits per heavy atom.